The van der Waals surface area contributed by atoms with E-state index in [0.717, 1.165) is 25.0 Å². The molecular formula is C15H18F2N2O3. The number of nitrogens with zero attached hydrogens (tertiary/aromatic N) is 1. The summed E-state index contributed by atoms with van der Waals surface area (Å²) in [5.41, 5.74) is 0. The van der Waals surface area contributed by atoms with Gasteiger partial charge in [0.1, 0.15) is 12.4 Å². The highest BCUT2D eigenvalue weighted by Crippen LogP contribution is 2.17. The van der Waals surface area contributed by atoms with Gasteiger partial charge in [-0.05, 0) is 31.9 Å². The van der Waals surface area contributed by atoms with Gasteiger partial charge in [0.25, 0.3) is 0 Å². The summed E-state index contributed by atoms with van der Waals surface area (Å²) in [6, 6.07) is 2.49. The first kappa shape index (κ1) is 16.2. The van der Waals surface area contributed by atoms with Gasteiger partial charge in [0, 0.05) is 19.2 Å². The van der Waals surface area contributed by atoms with Gasteiger partial charge >= 0.3 is 11.8 Å². The average molecular weight is 312 g/mol. The maximum Gasteiger partial charge on any atom is 0.311 e. The highest BCUT2D eigenvalue weighted by atomic mass is 19.1. The topological polar surface area (TPSA) is 58.6 Å². The zero-order chi connectivity index (χ0) is 16.1. The van der Waals surface area contributed by atoms with Crippen molar-refractivity contribution >= 4 is 11.8 Å². The molecule has 2 amide bonds. The predicted octanol–water partition coefficient (Wildman–Crippen LogP) is 1.47. The summed E-state index contributed by atoms with van der Waals surface area (Å²) >= 11 is 0. The molecule has 1 aromatic carbocycles. The van der Waals surface area contributed by atoms with E-state index in [2.05, 4.69) is 5.32 Å². The Morgan fingerprint density at radius 1 is 1.32 bits per heavy atom. The van der Waals surface area contributed by atoms with Crippen LogP contribution in [0, 0.1) is 11.6 Å². The van der Waals surface area contributed by atoms with E-state index in [-0.39, 0.29) is 12.4 Å². The van der Waals surface area contributed by atoms with E-state index in [1.54, 1.807) is 6.92 Å². The molecule has 1 aliphatic heterocycles. The van der Waals surface area contributed by atoms with Gasteiger partial charge in [0.15, 0.2) is 11.6 Å². The number of likely N-dealkylation sites (tertiary alicyclic amines) is 1. The number of halogens is 2. The van der Waals surface area contributed by atoms with Crippen molar-refractivity contribution in [3.63, 3.8) is 0 Å². The van der Waals surface area contributed by atoms with Crippen LogP contribution in [0.25, 0.3) is 0 Å². The molecule has 120 valence electrons. The Morgan fingerprint density at radius 2 is 2.00 bits per heavy atom. The fourth-order valence-corrected chi connectivity index (χ4v) is 2.20. The maximum atomic E-state index is 13.4. The Morgan fingerprint density at radius 3 is 2.64 bits per heavy atom. The van der Waals surface area contributed by atoms with Crippen molar-refractivity contribution < 1.29 is 23.1 Å². The van der Waals surface area contributed by atoms with Crippen LogP contribution in [0.5, 0.6) is 5.75 Å². The highest BCUT2D eigenvalue weighted by molar-refractivity contribution is 6.35. The lowest BCUT2D eigenvalue weighted by atomic mass is 10.3. The van der Waals surface area contributed by atoms with Gasteiger partial charge in [-0.2, -0.15) is 0 Å². The van der Waals surface area contributed by atoms with E-state index in [9.17, 15) is 18.4 Å². The quantitative estimate of drug-likeness (QED) is 0.857. The fourth-order valence-electron chi connectivity index (χ4n) is 2.20. The van der Waals surface area contributed by atoms with Crippen LogP contribution in [0.2, 0.25) is 0 Å². The highest BCUT2D eigenvalue weighted by Gasteiger charge is 2.25. The molecule has 0 bridgehead atoms. The number of rotatable bonds is 4. The molecule has 7 heteroatoms. The lowest BCUT2D eigenvalue weighted by Gasteiger charge is -2.18. The maximum absolute atomic E-state index is 13.4. The van der Waals surface area contributed by atoms with Crippen LogP contribution in [0.3, 0.4) is 0 Å². The van der Waals surface area contributed by atoms with E-state index in [1.807, 2.05) is 0 Å². The summed E-state index contributed by atoms with van der Waals surface area (Å²) in [4.78, 5) is 25.1. The van der Waals surface area contributed by atoms with E-state index >= 15 is 0 Å². The van der Waals surface area contributed by atoms with Gasteiger partial charge in [-0.3, -0.25) is 9.59 Å². The molecule has 0 saturated carbocycles. The van der Waals surface area contributed by atoms with Crippen LogP contribution in [0.4, 0.5) is 8.78 Å². The van der Waals surface area contributed by atoms with Crippen LogP contribution in [-0.4, -0.2) is 42.5 Å². The molecule has 1 unspecified atom stereocenters. The summed E-state index contributed by atoms with van der Waals surface area (Å²) in [6.45, 7) is 2.80. The molecule has 22 heavy (non-hydrogen) atoms. The van der Waals surface area contributed by atoms with Crippen molar-refractivity contribution in [1.29, 1.82) is 0 Å². The monoisotopic (exact) mass is 312 g/mol. The Hall–Kier alpha value is -2.18. The molecule has 1 atom stereocenters. The van der Waals surface area contributed by atoms with Gasteiger partial charge in [-0.1, -0.05) is 0 Å². The number of hydrogen-bond donors (Lipinski definition) is 1. The smallest absolute Gasteiger partial charge is 0.311 e. The van der Waals surface area contributed by atoms with Crippen LogP contribution < -0.4 is 10.1 Å². The molecule has 0 aromatic heterocycles. The molecular weight excluding hydrogens is 294 g/mol. The number of carbonyl (C=O) groups excluding carboxylic acids is 2. The Bertz CT molecular complexity index is 560. The third kappa shape index (κ3) is 4.16. The first-order chi connectivity index (χ1) is 10.5. The molecule has 1 saturated heterocycles. The predicted molar refractivity (Wildman–Crippen MR) is 75.3 cm³/mol. The molecule has 1 fully saturated rings. The van der Waals surface area contributed by atoms with Crippen molar-refractivity contribution in [3.8, 4) is 5.75 Å². The Labute approximate surface area is 127 Å². The van der Waals surface area contributed by atoms with E-state index in [4.69, 9.17) is 4.74 Å². The number of nitrogens with one attached hydrogen (secondary N) is 1. The Balaban J connectivity index is 1.80. The largest absolute Gasteiger partial charge is 0.488 e. The SMILES string of the molecule is CC(COc1ccc(F)cc1F)NC(=O)C(=O)N1CCCC1. The number of carbonyl (C=O) groups is 2. The number of ether oxygens (including phenoxy) is 1. The summed E-state index contributed by atoms with van der Waals surface area (Å²) in [5.74, 6) is -2.86. The van der Waals surface area contributed by atoms with Crippen molar-refractivity contribution in [3.05, 3.63) is 29.8 Å². The second-order valence-electron chi connectivity index (χ2n) is 5.26. The molecule has 5 nitrogen and oxygen atoms in total. The lowest BCUT2D eigenvalue weighted by Crippen LogP contribution is -2.46. The zero-order valence-corrected chi connectivity index (χ0v) is 12.3. The molecule has 0 radical (unpaired) electrons. The standard InChI is InChI=1S/C15H18F2N2O3/c1-10(9-22-13-5-4-11(16)8-12(13)17)18-14(20)15(21)19-6-2-3-7-19/h4-5,8,10H,2-3,6-7,9H2,1H3,(H,18,20). The summed E-state index contributed by atoms with van der Waals surface area (Å²) in [6.07, 6.45) is 1.81. The van der Waals surface area contributed by atoms with E-state index < -0.39 is 29.5 Å². The van der Waals surface area contributed by atoms with Crippen molar-refractivity contribution in [1.82, 2.24) is 10.2 Å². The van der Waals surface area contributed by atoms with E-state index in [0.29, 0.717) is 13.1 Å². The van der Waals surface area contributed by atoms with Gasteiger partial charge in [-0.15, -0.1) is 0 Å². The van der Waals surface area contributed by atoms with Gasteiger partial charge in [0.05, 0.1) is 6.04 Å². The third-order valence-corrected chi connectivity index (χ3v) is 3.35. The lowest BCUT2D eigenvalue weighted by molar-refractivity contribution is -0.145. The van der Waals surface area contributed by atoms with Gasteiger partial charge in [0.2, 0.25) is 0 Å². The van der Waals surface area contributed by atoms with Crippen molar-refractivity contribution in [2.75, 3.05) is 19.7 Å². The molecule has 1 aliphatic rings. The van der Waals surface area contributed by atoms with Crippen molar-refractivity contribution in [2.24, 2.45) is 0 Å². The minimum Gasteiger partial charge on any atom is -0.488 e. The molecule has 1 N–H and O–H groups in total. The van der Waals surface area contributed by atoms with Crippen molar-refractivity contribution in [2.45, 2.75) is 25.8 Å². The van der Waals surface area contributed by atoms with E-state index in [1.165, 1.54) is 11.0 Å². The average Bonchev–Trinajstić information content (AvgIpc) is 2.99. The summed E-state index contributed by atoms with van der Waals surface area (Å²) in [7, 11) is 0. The summed E-state index contributed by atoms with van der Waals surface area (Å²) in [5, 5.41) is 2.51. The van der Waals surface area contributed by atoms with Crippen LogP contribution in [0.15, 0.2) is 18.2 Å². The third-order valence-electron chi connectivity index (χ3n) is 3.35. The second kappa shape index (κ2) is 7.20. The molecule has 2 rings (SSSR count). The molecule has 1 heterocycles. The molecule has 0 aliphatic carbocycles. The van der Waals surface area contributed by atoms with Gasteiger partial charge in [-0.25, -0.2) is 8.78 Å². The second-order valence-corrected chi connectivity index (χ2v) is 5.26. The van der Waals surface area contributed by atoms with Crippen LogP contribution >= 0.6 is 0 Å². The number of hydrogen-bond acceptors (Lipinski definition) is 3. The van der Waals surface area contributed by atoms with Crippen LogP contribution in [-0.2, 0) is 9.59 Å². The Kier molecular flexibility index (Phi) is 5.30. The molecule has 1 aromatic rings. The fraction of sp³-hybridized carbons (Fsp3) is 0.467. The normalized spacial score (nSPS) is 15.5. The summed E-state index contributed by atoms with van der Waals surface area (Å²) < 4.78 is 31.3. The number of amides is 2. The molecule has 0 spiro atoms. The van der Waals surface area contributed by atoms with Gasteiger partial charge < -0.3 is 15.0 Å². The first-order valence-corrected chi connectivity index (χ1v) is 7.15. The number of benzene rings is 1. The zero-order valence-electron chi connectivity index (χ0n) is 12.3. The minimum atomic E-state index is -0.813. The first-order valence-electron chi connectivity index (χ1n) is 7.15. The van der Waals surface area contributed by atoms with Crippen LogP contribution in [0.1, 0.15) is 19.8 Å². The minimum absolute atomic E-state index is 0.0262.